The molecule has 5 heteroatoms. The summed E-state index contributed by atoms with van der Waals surface area (Å²) in [5.74, 6) is 0.519. The molecule has 264 valence electrons. The normalized spacial score (nSPS) is 17.3. The van der Waals surface area contributed by atoms with Gasteiger partial charge in [0.2, 0.25) is 0 Å². The molecule has 9 unspecified atom stereocenters. The Morgan fingerprint density at radius 3 is 0.918 bits per heavy atom. The molecule has 0 saturated heterocycles. The Balaban J connectivity index is 1.66. The van der Waals surface area contributed by atoms with Gasteiger partial charge < -0.3 is 25.5 Å². The average Bonchev–Trinajstić information content (AvgIpc) is 3.11. The van der Waals surface area contributed by atoms with Crippen molar-refractivity contribution < 1.29 is 25.5 Å². The van der Waals surface area contributed by atoms with E-state index in [4.69, 9.17) is 0 Å². The summed E-state index contributed by atoms with van der Waals surface area (Å²) in [6, 6.07) is 42.2. The molecule has 0 aromatic heterocycles. The van der Waals surface area contributed by atoms with Crippen LogP contribution in [0.2, 0.25) is 0 Å². The molecule has 0 aliphatic rings. The highest BCUT2D eigenvalue weighted by atomic mass is 16.3. The molecule has 0 bridgehead atoms. The maximum atomic E-state index is 11.3. The van der Waals surface area contributed by atoms with Crippen LogP contribution < -0.4 is 0 Å². The molecule has 0 aliphatic heterocycles. The highest BCUT2D eigenvalue weighted by Crippen LogP contribution is 2.43. The van der Waals surface area contributed by atoms with Crippen LogP contribution in [0.3, 0.4) is 0 Å². The zero-order chi connectivity index (χ0) is 35.0. The number of rotatable bonds is 21. The second kappa shape index (κ2) is 20.4. The minimum atomic E-state index is -0.757. The number of hydrogen-bond acceptors (Lipinski definition) is 5. The molecule has 0 saturated carbocycles. The van der Waals surface area contributed by atoms with E-state index in [0.717, 1.165) is 19.3 Å². The maximum absolute atomic E-state index is 11.3. The SMILES string of the molecule is CCC(O)CC(O)CC(O)CC(CC(CC(CC(CC(O)CC(C)O)c1ccccc1)c1ccccc1)c1ccccc1)c1ccccc1. The van der Waals surface area contributed by atoms with Crippen LogP contribution >= 0.6 is 0 Å². The van der Waals surface area contributed by atoms with E-state index in [0.29, 0.717) is 25.7 Å². The van der Waals surface area contributed by atoms with E-state index in [2.05, 4.69) is 109 Å². The van der Waals surface area contributed by atoms with Gasteiger partial charge in [0.1, 0.15) is 0 Å². The Hall–Kier alpha value is -3.32. The summed E-state index contributed by atoms with van der Waals surface area (Å²) in [6.45, 7) is 3.62. The van der Waals surface area contributed by atoms with E-state index in [1.807, 2.05) is 19.1 Å². The third-order valence-electron chi connectivity index (χ3n) is 10.1. The van der Waals surface area contributed by atoms with E-state index in [1.54, 1.807) is 6.92 Å². The van der Waals surface area contributed by atoms with Crippen molar-refractivity contribution in [3.63, 3.8) is 0 Å². The summed E-state index contributed by atoms with van der Waals surface area (Å²) in [4.78, 5) is 0. The van der Waals surface area contributed by atoms with E-state index >= 15 is 0 Å². The Morgan fingerprint density at radius 1 is 0.347 bits per heavy atom. The van der Waals surface area contributed by atoms with Crippen molar-refractivity contribution >= 4 is 0 Å². The first-order valence-electron chi connectivity index (χ1n) is 18.3. The van der Waals surface area contributed by atoms with E-state index < -0.39 is 30.5 Å². The van der Waals surface area contributed by atoms with Crippen molar-refractivity contribution in [2.24, 2.45) is 0 Å². The highest BCUT2D eigenvalue weighted by Gasteiger charge is 2.29. The van der Waals surface area contributed by atoms with Crippen LogP contribution in [0.15, 0.2) is 121 Å². The van der Waals surface area contributed by atoms with Crippen LogP contribution in [0.1, 0.15) is 118 Å². The highest BCUT2D eigenvalue weighted by molar-refractivity contribution is 5.28. The summed E-state index contributed by atoms with van der Waals surface area (Å²) >= 11 is 0. The smallest absolute Gasteiger partial charge is 0.0589 e. The fourth-order valence-corrected chi connectivity index (χ4v) is 7.54. The van der Waals surface area contributed by atoms with Gasteiger partial charge in [0.05, 0.1) is 30.5 Å². The summed E-state index contributed by atoms with van der Waals surface area (Å²) in [5.41, 5.74) is 4.89. The van der Waals surface area contributed by atoms with Crippen LogP contribution in [-0.4, -0.2) is 56.1 Å². The molecule has 5 nitrogen and oxygen atoms in total. The Bertz CT molecular complexity index is 1420. The monoisotopic (exact) mass is 666 g/mol. The van der Waals surface area contributed by atoms with Gasteiger partial charge in [0, 0.05) is 0 Å². The molecule has 4 aromatic rings. The molecule has 9 atom stereocenters. The lowest BCUT2D eigenvalue weighted by Crippen LogP contribution is -2.24. The topological polar surface area (TPSA) is 101 Å². The predicted octanol–water partition coefficient (Wildman–Crippen LogP) is 8.48. The molecule has 0 aliphatic carbocycles. The first kappa shape index (κ1) is 38.5. The third kappa shape index (κ3) is 13.1. The van der Waals surface area contributed by atoms with Crippen LogP contribution in [0.25, 0.3) is 0 Å². The number of benzene rings is 4. The molecule has 0 amide bonds. The van der Waals surface area contributed by atoms with Crippen molar-refractivity contribution in [1.82, 2.24) is 0 Å². The maximum Gasteiger partial charge on any atom is 0.0589 e. The molecule has 0 fully saturated rings. The van der Waals surface area contributed by atoms with Gasteiger partial charge in [-0.2, -0.15) is 0 Å². The van der Waals surface area contributed by atoms with Crippen LogP contribution in [0, 0.1) is 0 Å². The van der Waals surface area contributed by atoms with Gasteiger partial charge in [-0.25, -0.2) is 0 Å². The van der Waals surface area contributed by atoms with Crippen LogP contribution in [0.4, 0.5) is 0 Å². The first-order valence-corrected chi connectivity index (χ1v) is 18.3. The van der Waals surface area contributed by atoms with Gasteiger partial charge in [0.15, 0.2) is 0 Å². The fraction of sp³-hybridized carbons (Fsp3) is 0.455. The summed E-state index contributed by atoms with van der Waals surface area (Å²) in [6.07, 6.45) is 1.85. The molecule has 0 heterocycles. The largest absolute Gasteiger partial charge is 0.393 e. The quantitative estimate of drug-likeness (QED) is 0.0614. The van der Waals surface area contributed by atoms with E-state index in [9.17, 15) is 25.5 Å². The van der Waals surface area contributed by atoms with Crippen LogP contribution in [-0.2, 0) is 0 Å². The summed E-state index contributed by atoms with van der Waals surface area (Å²) < 4.78 is 0. The molecule has 4 rings (SSSR count). The molecular formula is C44H58O5. The third-order valence-corrected chi connectivity index (χ3v) is 10.1. The zero-order valence-electron chi connectivity index (χ0n) is 29.3. The number of aliphatic hydroxyl groups excluding tert-OH is 5. The second-order valence-electron chi connectivity index (χ2n) is 14.2. The Kier molecular flexibility index (Phi) is 16.0. The number of aliphatic hydroxyl groups is 5. The number of hydrogen-bond donors (Lipinski definition) is 5. The predicted molar refractivity (Wildman–Crippen MR) is 200 cm³/mol. The average molecular weight is 667 g/mol. The van der Waals surface area contributed by atoms with Gasteiger partial charge in [-0.3, -0.25) is 0 Å². The lowest BCUT2D eigenvalue weighted by molar-refractivity contribution is 0.0336. The minimum absolute atomic E-state index is 0.0545. The summed E-state index contributed by atoms with van der Waals surface area (Å²) in [7, 11) is 0. The van der Waals surface area contributed by atoms with Gasteiger partial charge in [-0.15, -0.1) is 0 Å². The Labute approximate surface area is 294 Å². The first-order chi connectivity index (χ1) is 23.7. The van der Waals surface area contributed by atoms with E-state index in [-0.39, 0.29) is 36.5 Å². The minimum Gasteiger partial charge on any atom is -0.393 e. The van der Waals surface area contributed by atoms with Gasteiger partial charge in [-0.1, -0.05) is 128 Å². The van der Waals surface area contributed by atoms with Crippen molar-refractivity contribution in [1.29, 1.82) is 0 Å². The fourth-order valence-electron chi connectivity index (χ4n) is 7.54. The molecule has 0 spiro atoms. The van der Waals surface area contributed by atoms with E-state index in [1.165, 1.54) is 22.3 Å². The van der Waals surface area contributed by atoms with Crippen molar-refractivity contribution in [3.05, 3.63) is 144 Å². The lowest BCUT2D eigenvalue weighted by atomic mass is 9.73. The van der Waals surface area contributed by atoms with Crippen molar-refractivity contribution in [2.75, 3.05) is 0 Å². The van der Waals surface area contributed by atoms with Gasteiger partial charge in [-0.05, 0) is 111 Å². The molecular weight excluding hydrogens is 608 g/mol. The zero-order valence-corrected chi connectivity index (χ0v) is 29.3. The van der Waals surface area contributed by atoms with Crippen molar-refractivity contribution in [2.45, 2.75) is 126 Å². The molecule has 4 aromatic carbocycles. The molecule has 49 heavy (non-hydrogen) atoms. The lowest BCUT2D eigenvalue weighted by Gasteiger charge is -2.32. The summed E-state index contributed by atoms with van der Waals surface area (Å²) in [5, 5.41) is 53.1. The van der Waals surface area contributed by atoms with Gasteiger partial charge >= 0.3 is 0 Å². The Morgan fingerprint density at radius 2 is 0.612 bits per heavy atom. The van der Waals surface area contributed by atoms with Crippen molar-refractivity contribution in [3.8, 4) is 0 Å². The van der Waals surface area contributed by atoms with Gasteiger partial charge in [0.25, 0.3) is 0 Å². The molecule has 5 N–H and O–H groups in total. The van der Waals surface area contributed by atoms with Crippen LogP contribution in [0.5, 0.6) is 0 Å². The standard InChI is InChI=1S/C44H58O5/c1-3-41(46)30-44(49)31-43(48)29-40(36-22-14-7-15-23-36)27-38(34-18-10-5-11-19-34)25-37(33-16-8-4-9-17-33)26-39(28-42(47)24-32(2)45)35-20-12-6-13-21-35/h4-23,32,37-49H,3,24-31H2,1-2H3. The second-order valence-corrected chi connectivity index (χ2v) is 14.2. The molecule has 0 radical (unpaired) electrons.